The van der Waals surface area contributed by atoms with Gasteiger partial charge in [0.05, 0.1) is 6.54 Å². The third kappa shape index (κ3) is 7.47. The van der Waals surface area contributed by atoms with Crippen molar-refractivity contribution in [2.75, 3.05) is 13.1 Å². The van der Waals surface area contributed by atoms with Crippen molar-refractivity contribution in [2.24, 2.45) is 10.9 Å². The van der Waals surface area contributed by atoms with Crippen LogP contribution in [0.25, 0.3) is 0 Å². The number of guanidine groups is 1. The summed E-state index contributed by atoms with van der Waals surface area (Å²) >= 11 is 0. The topological polar surface area (TPSA) is 62.5 Å². The molecule has 1 aliphatic rings. The fourth-order valence-corrected chi connectivity index (χ4v) is 2.88. The molecule has 2 N–H and O–H groups in total. The van der Waals surface area contributed by atoms with Gasteiger partial charge in [0.1, 0.15) is 12.0 Å². The van der Waals surface area contributed by atoms with E-state index in [1.807, 2.05) is 6.07 Å². The van der Waals surface area contributed by atoms with Crippen LogP contribution >= 0.6 is 24.0 Å². The monoisotopic (exact) mass is 420 g/mol. The predicted octanol–water partition coefficient (Wildman–Crippen LogP) is 3.71. The Bertz CT molecular complexity index is 402. The van der Waals surface area contributed by atoms with Crippen molar-refractivity contribution in [3.8, 4) is 0 Å². The third-order valence-corrected chi connectivity index (χ3v) is 4.04. The molecule has 126 valence electrons. The second-order valence-electron chi connectivity index (χ2n) is 5.76. The number of nitrogens with zero attached hydrogens (tertiary/aromatic N) is 2. The molecule has 1 aliphatic carbocycles. The zero-order valence-electron chi connectivity index (χ0n) is 13.5. The molecule has 0 bridgehead atoms. The van der Waals surface area contributed by atoms with Gasteiger partial charge in [-0.3, -0.25) is 0 Å². The SMILES string of the molecule is CCNC(=NCc1ccon1)NCCCCC1CCCC1.I. The minimum atomic E-state index is 0. The van der Waals surface area contributed by atoms with E-state index < -0.39 is 0 Å². The minimum Gasteiger partial charge on any atom is -0.364 e. The maximum Gasteiger partial charge on any atom is 0.191 e. The highest BCUT2D eigenvalue weighted by Crippen LogP contribution is 2.28. The van der Waals surface area contributed by atoms with Crippen LogP contribution in [0.5, 0.6) is 0 Å². The summed E-state index contributed by atoms with van der Waals surface area (Å²) in [4.78, 5) is 4.50. The molecule has 0 saturated heterocycles. The lowest BCUT2D eigenvalue weighted by Crippen LogP contribution is -2.37. The molecule has 0 spiro atoms. The Morgan fingerprint density at radius 2 is 2.14 bits per heavy atom. The maximum absolute atomic E-state index is 4.81. The van der Waals surface area contributed by atoms with Crippen molar-refractivity contribution in [1.82, 2.24) is 15.8 Å². The number of aliphatic imine (C=N–C) groups is 1. The highest BCUT2D eigenvalue weighted by molar-refractivity contribution is 14.0. The van der Waals surface area contributed by atoms with Crippen LogP contribution in [0.4, 0.5) is 0 Å². The normalized spacial score (nSPS) is 15.6. The Morgan fingerprint density at radius 3 is 2.82 bits per heavy atom. The predicted molar refractivity (Wildman–Crippen MR) is 101 cm³/mol. The van der Waals surface area contributed by atoms with E-state index in [1.165, 1.54) is 44.9 Å². The smallest absolute Gasteiger partial charge is 0.191 e. The maximum atomic E-state index is 4.81. The number of rotatable bonds is 8. The van der Waals surface area contributed by atoms with Crippen molar-refractivity contribution >= 4 is 29.9 Å². The summed E-state index contributed by atoms with van der Waals surface area (Å²) in [6.45, 7) is 4.48. The van der Waals surface area contributed by atoms with Gasteiger partial charge in [-0.05, 0) is 19.3 Å². The number of aromatic nitrogens is 1. The second-order valence-corrected chi connectivity index (χ2v) is 5.76. The summed E-state index contributed by atoms with van der Waals surface area (Å²) < 4.78 is 4.81. The molecule has 0 unspecified atom stereocenters. The lowest BCUT2D eigenvalue weighted by Gasteiger charge is -2.12. The molecule has 0 aliphatic heterocycles. The molecule has 1 aromatic rings. The van der Waals surface area contributed by atoms with E-state index in [9.17, 15) is 0 Å². The molecule has 1 aromatic heterocycles. The van der Waals surface area contributed by atoms with Crippen molar-refractivity contribution in [3.63, 3.8) is 0 Å². The van der Waals surface area contributed by atoms with E-state index in [0.717, 1.165) is 30.7 Å². The van der Waals surface area contributed by atoms with Gasteiger partial charge in [0.25, 0.3) is 0 Å². The molecule has 22 heavy (non-hydrogen) atoms. The molecule has 1 heterocycles. The van der Waals surface area contributed by atoms with Gasteiger partial charge < -0.3 is 15.2 Å². The number of unbranched alkanes of at least 4 members (excludes halogenated alkanes) is 1. The summed E-state index contributed by atoms with van der Waals surface area (Å²) in [6.07, 6.45) is 11.3. The molecular weight excluding hydrogens is 391 g/mol. The second kappa shape index (κ2) is 11.7. The Morgan fingerprint density at radius 1 is 1.32 bits per heavy atom. The first-order valence-electron chi connectivity index (χ1n) is 8.30. The Labute approximate surface area is 150 Å². The van der Waals surface area contributed by atoms with E-state index in [-0.39, 0.29) is 24.0 Å². The van der Waals surface area contributed by atoms with Gasteiger partial charge in [-0.15, -0.1) is 24.0 Å². The molecule has 1 saturated carbocycles. The average Bonchev–Trinajstić information content (AvgIpc) is 3.17. The molecule has 0 amide bonds. The summed E-state index contributed by atoms with van der Waals surface area (Å²) in [5, 5.41) is 10.5. The summed E-state index contributed by atoms with van der Waals surface area (Å²) in [6, 6.07) is 1.84. The number of hydrogen-bond donors (Lipinski definition) is 2. The van der Waals surface area contributed by atoms with Gasteiger partial charge in [0.2, 0.25) is 0 Å². The molecular formula is C16H29IN4O. The molecule has 2 rings (SSSR count). The lowest BCUT2D eigenvalue weighted by molar-refractivity contribution is 0.412. The number of halogens is 1. The highest BCUT2D eigenvalue weighted by Gasteiger charge is 2.13. The Kier molecular flexibility index (Phi) is 10.3. The van der Waals surface area contributed by atoms with E-state index >= 15 is 0 Å². The van der Waals surface area contributed by atoms with Crippen LogP contribution in [0.3, 0.4) is 0 Å². The van der Waals surface area contributed by atoms with E-state index in [0.29, 0.717) is 6.54 Å². The van der Waals surface area contributed by atoms with Gasteiger partial charge in [-0.25, -0.2) is 4.99 Å². The van der Waals surface area contributed by atoms with Crippen molar-refractivity contribution in [3.05, 3.63) is 18.0 Å². The zero-order valence-corrected chi connectivity index (χ0v) is 15.8. The first-order valence-corrected chi connectivity index (χ1v) is 8.30. The van der Waals surface area contributed by atoms with Crippen LogP contribution in [0.2, 0.25) is 0 Å². The summed E-state index contributed by atoms with van der Waals surface area (Å²) in [7, 11) is 0. The Balaban J connectivity index is 0.00000242. The van der Waals surface area contributed by atoms with Crippen LogP contribution in [0.1, 0.15) is 57.6 Å². The lowest BCUT2D eigenvalue weighted by atomic mass is 10.0. The summed E-state index contributed by atoms with van der Waals surface area (Å²) in [5.41, 5.74) is 0.855. The van der Waals surface area contributed by atoms with Gasteiger partial charge in [0.15, 0.2) is 5.96 Å². The molecule has 5 nitrogen and oxygen atoms in total. The number of nitrogens with one attached hydrogen (secondary N) is 2. The van der Waals surface area contributed by atoms with Crippen molar-refractivity contribution in [1.29, 1.82) is 0 Å². The standard InChI is InChI=1S/C16H28N4O.HI/c1-2-17-16(19-13-15-10-12-21-20-15)18-11-6-5-9-14-7-3-4-8-14;/h10,12,14H,2-9,11,13H2,1H3,(H2,17,18,19);1H. The van der Waals surface area contributed by atoms with E-state index in [2.05, 4.69) is 27.7 Å². The van der Waals surface area contributed by atoms with Crippen LogP contribution < -0.4 is 10.6 Å². The van der Waals surface area contributed by atoms with Crippen molar-refractivity contribution < 1.29 is 4.52 Å². The van der Waals surface area contributed by atoms with Crippen molar-refractivity contribution in [2.45, 2.75) is 58.4 Å². The first-order chi connectivity index (χ1) is 10.4. The average molecular weight is 420 g/mol. The van der Waals surface area contributed by atoms with Gasteiger partial charge in [-0.1, -0.05) is 43.7 Å². The summed E-state index contributed by atoms with van der Waals surface area (Å²) in [5.74, 6) is 1.86. The van der Waals surface area contributed by atoms with Crippen LogP contribution in [0.15, 0.2) is 21.8 Å². The zero-order chi connectivity index (χ0) is 14.8. The molecule has 6 heteroatoms. The largest absolute Gasteiger partial charge is 0.364 e. The Hall–Kier alpha value is -0.790. The number of hydrogen-bond acceptors (Lipinski definition) is 3. The van der Waals surface area contributed by atoms with Gasteiger partial charge in [-0.2, -0.15) is 0 Å². The third-order valence-electron chi connectivity index (χ3n) is 4.04. The molecule has 0 radical (unpaired) electrons. The van der Waals surface area contributed by atoms with Crippen LogP contribution in [-0.4, -0.2) is 24.2 Å². The van der Waals surface area contributed by atoms with Gasteiger partial charge in [0, 0.05) is 19.2 Å². The minimum absolute atomic E-state index is 0. The van der Waals surface area contributed by atoms with Gasteiger partial charge >= 0.3 is 0 Å². The fourth-order valence-electron chi connectivity index (χ4n) is 2.88. The van der Waals surface area contributed by atoms with E-state index in [1.54, 1.807) is 6.26 Å². The first kappa shape index (κ1) is 19.3. The molecule has 0 aromatic carbocycles. The molecule has 0 atom stereocenters. The molecule has 1 fully saturated rings. The van der Waals surface area contributed by atoms with Crippen LogP contribution in [0, 0.1) is 5.92 Å². The highest BCUT2D eigenvalue weighted by atomic mass is 127. The van der Waals surface area contributed by atoms with E-state index in [4.69, 9.17) is 4.52 Å². The fraction of sp³-hybridized carbons (Fsp3) is 0.750. The quantitative estimate of drug-likeness (QED) is 0.291. The van der Waals surface area contributed by atoms with Crippen LogP contribution in [-0.2, 0) is 6.54 Å².